The smallest absolute Gasteiger partial charge is 0.242 e. The van der Waals surface area contributed by atoms with E-state index in [0.717, 1.165) is 23.4 Å². The highest BCUT2D eigenvalue weighted by Crippen LogP contribution is 2.15. The largest absolute Gasteiger partial charge is 0.273 e. The van der Waals surface area contributed by atoms with Crippen LogP contribution in [0.1, 0.15) is 24.1 Å². The van der Waals surface area contributed by atoms with Crippen LogP contribution in [-0.4, -0.2) is 33.1 Å². The van der Waals surface area contributed by atoms with E-state index in [0.29, 0.717) is 24.5 Å². The summed E-state index contributed by atoms with van der Waals surface area (Å²) >= 11 is 5.94. The van der Waals surface area contributed by atoms with Gasteiger partial charge in [-0.1, -0.05) is 17.7 Å². The Labute approximate surface area is 133 Å². The summed E-state index contributed by atoms with van der Waals surface area (Å²) in [6.45, 7) is 0.659. The van der Waals surface area contributed by atoms with Crippen molar-refractivity contribution < 1.29 is 4.79 Å². The number of amides is 1. The molecular weight excluding hydrogens is 300 g/mol. The summed E-state index contributed by atoms with van der Waals surface area (Å²) < 4.78 is 0. The maximum Gasteiger partial charge on any atom is 0.242 e. The molecule has 0 saturated carbocycles. The number of aromatic nitrogens is 2. The Bertz CT molecular complexity index is 702. The topological polar surface area (TPSA) is 58.5 Å². The standard InChI is InChI=1S/C16H15ClN4O/c17-15-11-12(6-8-19-15)10-14(13-4-1-2-7-18-13)20-21-9-3-5-16(21)22/h1-2,4,6-8,11H,3,5,9-10H2/b20-14-. The van der Waals surface area contributed by atoms with Crippen LogP contribution in [0.25, 0.3) is 0 Å². The minimum atomic E-state index is 0.0567. The first-order valence-electron chi connectivity index (χ1n) is 7.12. The van der Waals surface area contributed by atoms with E-state index in [4.69, 9.17) is 11.6 Å². The van der Waals surface area contributed by atoms with Crippen LogP contribution in [-0.2, 0) is 11.2 Å². The predicted octanol–water partition coefficient (Wildman–Crippen LogP) is 2.70. The highest BCUT2D eigenvalue weighted by Gasteiger charge is 2.21. The van der Waals surface area contributed by atoms with Crippen LogP contribution in [0, 0.1) is 0 Å². The number of halogens is 1. The molecule has 112 valence electrons. The van der Waals surface area contributed by atoms with E-state index in [1.807, 2.05) is 24.3 Å². The lowest BCUT2D eigenvalue weighted by Gasteiger charge is -2.13. The van der Waals surface area contributed by atoms with Crippen LogP contribution < -0.4 is 0 Å². The lowest BCUT2D eigenvalue weighted by molar-refractivity contribution is -0.127. The van der Waals surface area contributed by atoms with Crippen LogP contribution >= 0.6 is 11.6 Å². The lowest BCUT2D eigenvalue weighted by atomic mass is 10.1. The van der Waals surface area contributed by atoms with Gasteiger partial charge in [-0.3, -0.25) is 9.78 Å². The lowest BCUT2D eigenvalue weighted by Crippen LogP contribution is -2.22. The second-order valence-corrected chi connectivity index (χ2v) is 5.43. The summed E-state index contributed by atoms with van der Waals surface area (Å²) in [6, 6.07) is 9.33. The monoisotopic (exact) mass is 314 g/mol. The normalized spacial score (nSPS) is 15.4. The Morgan fingerprint density at radius 2 is 2.18 bits per heavy atom. The van der Waals surface area contributed by atoms with E-state index in [1.165, 1.54) is 5.01 Å². The van der Waals surface area contributed by atoms with Gasteiger partial charge in [0.2, 0.25) is 5.91 Å². The molecule has 1 aliphatic rings. The Hall–Kier alpha value is -2.27. The zero-order valence-electron chi connectivity index (χ0n) is 11.9. The number of pyridine rings is 2. The molecule has 0 radical (unpaired) electrons. The molecule has 22 heavy (non-hydrogen) atoms. The van der Waals surface area contributed by atoms with E-state index in [2.05, 4.69) is 15.1 Å². The number of rotatable bonds is 4. The third-order valence-corrected chi connectivity index (χ3v) is 3.62. The van der Waals surface area contributed by atoms with Crippen molar-refractivity contribution in [1.29, 1.82) is 0 Å². The van der Waals surface area contributed by atoms with Gasteiger partial charge in [-0.15, -0.1) is 0 Å². The molecule has 0 bridgehead atoms. The number of hydrogen-bond donors (Lipinski definition) is 0. The summed E-state index contributed by atoms with van der Waals surface area (Å²) in [4.78, 5) is 20.1. The average molecular weight is 315 g/mol. The quantitative estimate of drug-likeness (QED) is 0.644. The van der Waals surface area contributed by atoms with Crippen LogP contribution in [0.5, 0.6) is 0 Å². The van der Waals surface area contributed by atoms with Gasteiger partial charge in [0.25, 0.3) is 0 Å². The van der Waals surface area contributed by atoms with Crippen LogP contribution in [0.15, 0.2) is 47.8 Å². The van der Waals surface area contributed by atoms with Gasteiger partial charge in [0.05, 0.1) is 11.4 Å². The predicted molar refractivity (Wildman–Crippen MR) is 84.7 cm³/mol. The first-order valence-corrected chi connectivity index (χ1v) is 7.50. The summed E-state index contributed by atoms with van der Waals surface area (Å²) in [7, 11) is 0. The number of hydrogen-bond acceptors (Lipinski definition) is 4. The van der Waals surface area contributed by atoms with Gasteiger partial charge in [-0.2, -0.15) is 5.10 Å². The Morgan fingerprint density at radius 3 is 2.86 bits per heavy atom. The fraction of sp³-hybridized carbons (Fsp3) is 0.250. The first kappa shape index (κ1) is 14.7. The van der Waals surface area contributed by atoms with E-state index >= 15 is 0 Å². The highest BCUT2D eigenvalue weighted by molar-refractivity contribution is 6.29. The van der Waals surface area contributed by atoms with Gasteiger partial charge in [-0.05, 0) is 36.2 Å². The van der Waals surface area contributed by atoms with Crippen molar-refractivity contribution in [3.05, 3.63) is 59.1 Å². The van der Waals surface area contributed by atoms with Gasteiger partial charge >= 0.3 is 0 Å². The third kappa shape index (κ3) is 3.49. The molecule has 1 saturated heterocycles. The molecule has 0 aliphatic carbocycles. The van der Waals surface area contributed by atoms with Crippen molar-refractivity contribution in [2.24, 2.45) is 5.10 Å². The Balaban J connectivity index is 1.92. The molecule has 3 heterocycles. The minimum Gasteiger partial charge on any atom is -0.273 e. The molecule has 0 atom stereocenters. The molecule has 2 aromatic rings. The molecule has 0 N–H and O–H groups in total. The molecule has 0 unspecified atom stereocenters. The van der Waals surface area contributed by atoms with Crippen LogP contribution in [0.3, 0.4) is 0 Å². The zero-order chi connectivity index (χ0) is 15.4. The number of hydrazone groups is 1. The summed E-state index contributed by atoms with van der Waals surface area (Å²) in [5.74, 6) is 0.0567. The van der Waals surface area contributed by atoms with Gasteiger partial charge in [0, 0.05) is 31.8 Å². The molecule has 2 aromatic heterocycles. The van der Waals surface area contributed by atoms with Gasteiger partial charge in [0.15, 0.2) is 0 Å². The van der Waals surface area contributed by atoms with Crippen molar-refractivity contribution in [2.45, 2.75) is 19.3 Å². The van der Waals surface area contributed by atoms with Crippen molar-refractivity contribution >= 4 is 23.2 Å². The second kappa shape index (κ2) is 6.66. The van der Waals surface area contributed by atoms with Crippen molar-refractivity contribution in [3.63, 3.8) is 0 Å². The SMILES string of the molecule is O=C1CCCN1/N=C(/Cc1ccnc(Cl)c1)c1ccccn1. The van der Waals surface area contributed by atoms with E-state index < -0.39 is 0 Å². The molecule has 5 nitrogen and oxygen atoms in total. The number of carbonyl (C=O) groups is 1. The number of nitrogens with zero attached hydrogens (tertiary/aromatic N) is 4. The van der Waals surface area contributed by atoms with Crippen molar-refractivity contribution in [1.82, 2.24) is 15.0 Å². The van der Waals surface area contributed by atoms with Gasteiger partial charge in [-0.25, -0.2) is 9.99 Å². The van der Waals surface area contributed by atoms with Crippen LogP contribution in [0.2, 0.25) is 5.15 Å². The number of carbonyl (C=O) groups excluding carboxylic acids is 1. The molecule has 1 amide bonds. The van der Waals surface area contributed by atoms with E-state index in [-0.39, 0.29) is 5.91 Å². The molecule has 0 spiro atoms. The molecule has 0 aromatic carbocycles. The van der Waals surface area contributed by atoms with Gasteiger partial charge < -0.3 is 0 Å². The van der Waals surface area contributed by atoms with Crippen molar-refractivity contribution in [3.8, 4) is 0 Å². The average Bonchev–Trinajstić information content (AvgIpc) is 2.93. The fourth-order valence-corrected chi connectivity index (χ4v) is 2.54. The second-order valence-electron chi connectivity index (χ2n) is 5.05. The van der Waals surface area contributed by atoms with E-state index in [1.54, 1.807) is 18.5 Å². The first-order chi connectivity index (χ1) is 10.7. The fourth-order valence-electron chi connectivity index (χ4n) is 2.34. The summed E-state index contributed by atoms with van der Waals surface area (Å²) in [6.07, 6.45) is 5.33. The summed E-state index contributed by atoms with van der Waals surface area (Å²) in [5.41, 5.74) is 2.49. The summed E-state index contributed by atoms with van der Waals surface area (Å²) in [5, 5.41) is 6.50. The Morgan fingerprint density at radius 1 is 1.27 bits per heavy atom. The minimum absolute atomic E-state index is 0.0567. The van der Waals surface area contributed by atoms with Crippen molar-refractivity contribution in [2.75, 3.05) is 6.54 Å². The molecule has 6 heteroatoms. The molecular formula is C16H15ClN4O. The van der Waals surface area contributed by atoms with Crippen LogP contribution in [0.4, 0.5) is 0 Å². The maximum atomic E-state index is 11.8. The van der Waals surface area contributed by atoms with E-state index in [9.17, 15) is 4.79 Å². The third-order valence-electron chi connectivity index (χ3n) is 3.41. The molecule has 1 fully saturated rings. The van der Waals surface area contributed by atoms with Gasteiger partial charge in [0.1, 0.15) is 5.15 Å². The highest BCUT2D eigenvalue weighted by atomic mass is 35.5. The maximum absolute atomic E-state index is 11.8. The molecule has 1 aliphatic heterocycles. The zero-order valence-corrected chi connectivity index (χ0v) is 12.7. The molecule has 3 rings (SSSR count). The Kier molecular flexibility index (Phi) is 4.44.